The van der Waals surface area contributed by atoms with Crippen LogP contribution in [0.5, 0.6) is 0 Å². The van der Waals surface area contributed by atoms with Crippen molar-refractivity contribution < 1.29 is 13.2 Å². The molecule has 1 aliphatic rings. The van der Waals surface area contributed by atoms with Gasteiger partial charge in [0, 0.05) is 30.3 Å². The molecule has 4 rings (SSSR count). The van der Waals surface area contributed by atoms with Crippen LogP contribution in [0.25, 0.3) is 0 Å². The molecular weight excluding hydrogens is 470 g/mol. The van der Waals surface area contributed by atoms with Crippen LogP contribution >= 0.6 is 11.6 Å². The third kappa shape index (κ3) is 5.54. The van der Waals surface area contributed by atoms with Crippen molar-refractivity contribution in [3.05, 3.63) is 88.9 Å². The lowest BCUT2D eigenvalue weighted by atomic mass is 10.2. The zero-order valence-corrected chi connectivity index (χ0v) is 20.6. The highest BCUT2D eigenvalue weighted by Gasteiger charge is 2.28. The molecule has 0 atom stereocenters. The second kappa shape index (κ2) is 10.5. The van der Waals surface area contributed by atoms with E-state index in [0.717, 1.165) is 28.5 Å². The second-order valence-corrected chi connectivity index (χ2v) is 10.7. The van der Waals surface area contributed by atoms with Crippen LogP contribution in [0.1, 0.15) is 24.0 Å². The number of para-hydroxylation sites is 1. The van der Waals surface area contributed by atoms with E-state index >= 15 is 0 Å². The van der Waals surface area contributed by atoms with E-state index in [2.05, 4.69) is 22.3 Å². The predicted molar refractivity (Wildman–Crippen MR) is 137 cm³/mol. The van der Waals surface area contributed by atoms with Crippen LogP contribution in [-0.4, -0.2) is 34.0 Å². The van der Waals surface area contributed by atoms with Crippen molar-refractivity contribution in [2.75, 3.05) is 28.8 Å². The van der Waals surface area contributed by atoms with Gasteiger partial charge < -0.3 is 10.2 Å². The third-order valence-electron chi connectivity index (χ3n) is 5.97. The van der Waals surface area contributed by atoms with Gasteiger partial charge in [0.1, 0.15) is 6.54 Å². The lowest BCUT2D eigenvalue weighted by molar-refractivity contribution is -0.119. The highest BCUT2D eigenvalue weighted by Crippen LogP contribution is 2.27. The van der Waals surface area contributed by atoms with Gasteiger partial charge >= 0.3 is 0 Å². The number of hydrogen-bond acceptors (Lipinski definition) is 4. The molecular formula is C26H28ClN3O3S. The summed E-state index contributed by atoms with van der Waals surface area (Å²) < 4.78 is 28.1. The zero-order valence-electron chi connectivity index (χ0n) is 19.1. The first-order chi connectivity index (χ1) is 16.3. The van der Waals surface area contributed by atoms with Crippen LogP contribution in [0.15, 0.2) is 77.7 Å². The van der Waals surface area contributed by atoms with Crippen molar-refractivity contribution in [2.45, 2.75) is 31.2 Å². The van der Waals surface area contributed by atoms with Crippen LogP contribution in [0, 0.1) is 6.92 Å². The molecule has 0 saturated carbocycles. The first-order valence-electron chi connectivity index (χ1n) is 11.3. The van der Waals surface area contributed by atoms with Gasteiger partial charge in [0.2, 0.25) is 5.91 Å². The van der Waals surface area contributed by atoms with Gasteiger partial charge in [-0.2, -0.15) is 0 Å². The molecule has 6 nitrogen and oxygen atoms in total. The Bertz CT molecular complexity index is 1240. The number of nitrogens with one attached hydrogen (secondary N) is 1. The number of carbonyl (C=O) groups is 1. The summed E-state index contributed by atoms with van der Waals surface area (Å²) in [5, 5.41) is 3.30. The first kappa shape index (κ1) is 24.1. The smallest absolute Gasteiger partial charge is 0.264 e. The number of benzene rings is 3. The number of aryl methyl sites for hydroxylation is 1. The van der Waals surface area contributed by atoms with E-state index in [1.54, 1.807) is 12.1 Å². The van der Waals surface area contributed by atoms with Crippen molar-refractivity contribution in [2.24, 2.45) is 0 Å². The molecule has 178 valence electrons. The summed E-state index contributed by atoms with van der Waals surface area (Å²) in [4.78, 5) is 15.3. The Balaban J connectivity index is 1.49. The Hall–Kier alpha value is -3.03. The van der Waals surface area contributed by atoms with Crippen molar-refractivity contribution in [1.29, 1.82) is 0 Å². The number of nitrogens with zero attached hydrogens (tertiary/aromatic N) is 2. The molecule has 0 bridgehead atoms. The molecule has 34 heavy (non-hydrogen) atoms. The largest absolute Gasteiger partial charge is 0.372 e. The minimum Gasteiger partial charge on any atom is -0.372 e. The van der Waals surface area contributed by atoms with Crippen molar-refractivity contribution >= 4 is 38.9 Å². The summed E-state index contributed by atoms with van der Waals surface area (Å²) in [6, 6.07) is 21.2. The summed E-state index contributed by atoms with van der Waals surface area (Å²) in [6.45, 7) is 3.96. The Morgan fingerprint density at radius 2 is 1.62 bits per heavy atom. The van der Waals surface area contributed by atoms with Gasteiger partial charge in [-0.3, -0.25) is 9.10 Å². The van der Waals surface area contributed by atoms with E-state index in [4.69, 9.17) is 11.6 Å². The van der Waals surface area contributed by atoms with Crippen LogP contribution < -0.4 is 14.5 Å². The lowest BCUT2D eigenvalue weighted by Crippen LogP contribution is -2.41. The molecule has 0 aromatic heterocycles. The van der Waals surface area contributed by atoms with E-state index in [-0.39, 0.29) is 17.3 Å². The summed E-state index contributed by atoms with van der Waals surface area (Å²) in [5.74, 6) is -0.385. The molecule has 0 spiro atoms. The highest BCUT2D eigenvalue weighted by atomic mass is 35.5. The van der Waals surface area contributed by atoms with Gasteiger partial charge in [0.25, 0.3) is 10.0 Å². The van der Waals surface area contributed by atoms with Crippen LogP contribution in [-0.2, 0) is 21.4 Å². The molecule has 1 fully saturated rings. The molecule has 1 heterocycles. The number of sulfonamides is 1. The molecule has 8 heteroatoms. The van der Waals surface area contributed by atoms with Gasteiger partial charge in [0.05, 0.1) is 10.6 Å². The third-order valence-corrected chi connectivity index (χ3v) is 8.00. The van der Waals surface area contributed by atoms with Crippen molar-refractivity contribution in [1.82, 2.24) is 5.32 Å². The number of carbonyl (C=O) groups excluding carboxylic acids is 1. The summed E-state index contributed by atoms with van der Waals surface area (Å²) in [5.41, 5.74) is 3.36. The zero-order chi connectivity index (χ0) is 24.1. The molecule has 0 unspecified atom stereocenters. The number of rotatable bonds is 8. The fourth-order valence-electron chi connectivity index (χ4n) is 4.06. The van der Waals surface area contributed by atoms with Crippen LogP contribution in [0.2, 0.25) is 5.02 Å². The lowest BCUT2D eigenvalue weighted by Gasteiger charge is -2.25. The average molecular weight is 498 g/mol. The standard InChI is InChI=1S/C26H28ClN3O3S/c1-20-6-2-3-7-25(20)30(34(32,33)24-14-10-22(27)11-15-24)19-26(31)28-18-21-8-12-23(13-9-21)29-16-4-5-17-29/h2-3,6-15H,4-5,16-19H2,1H3,(H,28,31). The molecule has 1 saturated heterocycles. The van der Waals surface area contributed by atoms with E-state index in [0.29, 0.717) is 17.3 Å². The average Bonchev–Trinajstić information content (AvgIpc) is 3.37. The maximum Gasteiger partial charge on any atom is 0.264 e. The Labute approximate surface area is 206 Å². The Morgan fingerprint density at radius 1 is 0.971 bits per heavy atom. The minimum atomic E-state index is -3.98. The normalized spacial score (nSPS) is 13.6. The molecule has 0 radical (unpaired) electrons. The van der Waals surface area contributed by atoms with Gasteiger partial charge in [-0.25, -0.2) is 8.42 Å². The molecule has 1 aliphatic heterocycles. The highest BCUT2D eigenvalue weighted by molar-refractivity contribution is 7.92. The van der Waals surface area contributed by atoms with E-state index < -0.39 is 10.0 Å². The second-order valence-electron chi connectivity index (χ2n) is 8.39. The minimum absolute atomic E-state index is 0.0745. The topological polar surface area (TPSA) is 69.7 Å². The summed E-state index contributed by atoms with van der Waals surface area (Å²) in [7, 11) is -3.98. The van der Waals surface area contributed by atoms with E-state index in [9.17, 15) is 13.2 Å². The number of amides is 1. The molecule has 1 amide bonds. The maximum absolute atomic E-state index is 13.5. The van der Waals surface area contributed by atoms with Gasteiger partial charge in [0.15, 0.2) is 0 Å². The van der Waals surface area contributed by atoms with Crippen molar-refractivity contribution in [3.63, 3.8) is 0 Å². The van der Waals surface area contributed by atoms with E-state index in [1.807, 2.05) is 31.2 Å². The molecule has 0 aliphatic carbocycles. The van der Waals surface area contributed by atoms with Crippen LogP contribution in [0.4, 0.5) is 11.4 Å². The van der Waals surface area contributed by atoms with Gasteiger partial charge in [-0.1, -0.05) is 41.9 Å². The molecule has 3 aromatic rings. The quantitative estimate of drug-likeness (QED) is 0.487. The SMILES string of the molecule is Cc1ccccc1N(CC(=O)NCc1ccc(N2CCCC2)cc1)S(=O)(=O)c1ccc(Cl)cc1. The number of halogens is 1. The predicted octanol–water partition coefficient (Wildman–Crippen LogP) is 4.76. The van der Waals surface area contributed by atoms with Crippen molar-refractivity contribution in [3.8, 4) is 0 Å². The summed E-state index contributed by atoms with van der Waals surface area (Å²) >= 11 is 5.94. The maximum atomic E-state index is 13.5. The molecule has 1 N–H and O–H groups in total. The van der Waals surface area contributed by atoms with E-state index in [1.165, 1.54) is 42.8 Å². The van der Waals surface area contributed by atoms with Gasteiger partial charge in [-0.05, 0) is 73.4 Å². The van der Waals surface area contributed by atoms with Gasteiger partial charge in [-0.15, -0.1) is 0 Å². The number of anilines is 2. The van der Waals surface area contributed by atoms with Crippen LogP contribution in [0.3, 0.4) is 0 Å². The Morgan fingerprint density at radius 3 is 2.26 bits per heavy atom. The fourth-order valence-corrected chi connectivity index (χ4v) is 5.68. The summed E-state index contributed by atoms with van der Waals surface area (Å²) in [6.07, 6.45) is 2.43. The Kier molecular flexibility index (Phi) is 7.44. The molecule has 3 aromatic carbocycles. The first-order valence-corrected chi connectivity index (χ1v) is 13.1. The monoisotopic (exact) mass is 497 g/mol. The number of hydrogen-bond donors (Lipinski definition) is 1. The fraction of sp³-hybridized carbons (Fsp3) is 0.269.